The Labute approximate surface area is 178 Å². The van der Waals surface area contributed by atoms with Crippen molar-refractivity contribution in [1.29, 1.82) is 0 Å². The highest BCUT2D eigenvalue weighted by molar-refractivity contribution is 5.92. The summed E-state index contributed by atoms with van der Waals surface area (Å²) in [7, 11) is 0. The summed E-state index contributed by atoms with van der Waals surface area (Å²) in [6.07, 6.45) is -0.280. The third-order valence-electron chi connectivity index (χ3n) is 4.73. The lowest BCUT2D eigenvalue weighted by Crippen LogP contribution is -2.58. The first-order valence-corrected chi connectivity index (χ1v) is 10.3. The van der Waals surface area contributed by atoms with Crippen molar-refractivity contribution in [1.82, 2.24) is 10.6 Å². The zero-order valence-corrected chi connectivity index (χ0v) is 18.4. The normalized spacial score (nSPS) is 15.3. The van der Waals surface area contributed by atoms with Gasteiger partial charge in [0.2, 0.25) is 11.8 Å². The summed E-state index contributed by atoms with van der Waals surface area (Å²) in [5.74, 6) is -2.34. The number of carbonyl (C=O) groups excluding carboxylic acids is 2. The van der Waals surface area contributed by atoms with Gasteiger partial charge in [-0.3, -0.25) is 9.59 Å². The molecular formula is C22H35N3O5. The predicted molar refractivity (Wildman–Crippen MR) is 114 cm³/mol. The summed E-state index contributed by atoms with van der Waals surface area (Å²) in [5, 5.41) is 14.5. The highest BCUT2D eigenvalue weighted by atomic mass is 16.5. The fourth-order valence-corrected chi connectivity index (χ4v) is 2.86. The Balaban J connectivity index is 2.70. The minimum atomic E-state index is -1.11. The molecule has 0 aliphatic rings. The lowest BCUT2D eigenvalue weighted by Gasteiger charge is -2.27. The van der Waals surface area contributed by atoms with Gasteiger partial charge in [-0.25, -0.2) is 4.79 Å². The number of benzene rings is 1. The molecule has 1 aromatic rings. The van der Waals surface area contributed by atoms with Crippen LogP contribution in [0.3, 0.4) is 0 Å². The summed E-state index contributed by atoms with van der Waals surface area (Å²) in [6.45, 7) is 9.29. The van der Waals surface area contributed by atoms with E-state index in [0.717, 1.165) is 5.56 Å². The van der Waals surface area contributed by atoms with E-state index in [0.29, 0.717) is 13.0 Å². The Morgan fingerprint density at radius 3 is 2.10 bits per heavy atom. The molecule has 0 spiro atoms. The van der Waals surface area contributed by atoms with Crippen molar-refractivity contribution in [3.05, 3.63) is 35.9 Å². The highest BCUT2D eigenvalue weighted by Gasteiger charge is 2.31. The van der Waals surface area contributed by atoms with Gasteiger partial charge in [0.1, 0.15) is 18.1 Å². The van der Waals surface area contributed by atoms with Crippen LogP contribution in [0.15, 0.2) is 30.3 Å². The first-order chi connectivity index (χ1) is 14.0. The van der Waals surface area contributed by atoms with E-state index in [1.807, 2.05) is 44.2 Å². The molecule has 168 valence electrons. The molecule has 0 aromatic heterocycles. The summed E-state index contributed by atoms with van der Waals surface area (Å²) < 4.78 is 5.69. The van der Waals surface area contributed by atoms with Crippen LogP contribution in [0.2, 0.25) is 0 Å². The Bertz CT molecular complexity index is 693. The molecule has 5 N–H and O–H groups in total. The minimum absolute atomic E-state index is 0.0922. The van der Waals surface area contributed by atoms with Crippen molar-refractivity contribution < 1.29 is 24.2 Å². The molecule has 1 aromatic carbocycles. The summed E-state index contributed by atoms with van der Waals surface area (Å²) >= 11 is 0. The maximum Gasteiger partial charge on any atom is 0.326 e. The monoisotopic (exact) mass is 421 g/mol. The topological polar surface area (TPSA) is 131 Å². The van der Waals surface area contributed by atoms with Gasteiger partial charge >= 0.3 is 5.97 Å². The van der Waals surface area contributed by atoms with Crippen LogP contribution >= 0.6 is 0 Å². The number of nitrogens with one attached hydrogen (secondary N) is 2. The maximum atomic E-state index is 12.7. The van der Waals surface area contributed by atoms with Crippen LogP contribution in [-0.4, -0.2) is 47.1 Å². The largest absolute Gasteiger partial charge is 0.480 e. The van der Waals surface area contributed by atoms with E-state index >= 15 is 0 Å². The van der Waals surface area contributed by atoms with Gasteiger partial charge in [0, 0.05) is 0 Å². The highest BCUT2D eigenvalue weighted by Crippen LogP contribution is 2.09. The number of nitrogens with two attached hydrogens (primary N) is 1. The number of hydrogen-bond donors (Lipinski definition) is 4. The van der Waals surface area contributed by atoms with Gasteiger partial charge in [-0.15, -0.1) is 0 Å². The van der Waals surface area contributed by atoms with Gasteiger partial charge in [-0.2, -0.15) is 0 Å². The molecule has 4 atom stereocenters. The quantitative estimate of drug-likeness (QED) is 0.406. The molecule has 0 saturated carbocycles. The average Bonchev–Trinajstić information content (AvgIpc) is 2.68. The first-order valence-electron chi connectivity index (χ1n) is 10.3. The Hall–Kier alpha value is -2.45. The summed E-state index contributed by atoms with van der Waals surface area (Å²) in [4.78, 5) is 36.7. The molecule has 0 radical (unpaired) electrons. The van der Waals surface area contributed by atoms with Crippen LogP contribution in [0, 0.1) is 11.8 Å². The van der Waals surface area contributed by atoms with Gasteiger partial charge < -0.3 is 26.2 Å². The van der Waals surface area contributed by atoms with Crippen LogP contribution < -0.4 is 16.4 Å². The fourth-order valence-electron chi connectivity index (χ4n) is 2.86. The number of carboxylic acid groups (broad SMARTS) is 1. The molecule has 0 aliphatic carbocycles. The lowest BCUT2D eigenvalue weighted by molar-refractivity contribution is -0.143. The molecule has 0 bridgehead atoms. The molecule has 0 fully saturated rings. The van der Waals surface area contributed by atoms with Crippen molar-refractivity contribution in [3.63, 3.8) is 0 Å². The standard InChI is InChI=1S/C22H35N3O5/c1-13(2)11-17(22(28)29)24-21(27)19(14(3)4)25-20(26)18(23)15(5)30-12-16-9-7-6-8-10-16/h6-10,13-15,17-19H,11-12,23H2,1-5H3,(H,24,27)(H,25,26)(H,28,29). The second-order valence-electron chi connectivity index (χ2n) is 8.29. The summed E-state index contributed by atoms with van der Waals surface area (Å²) in [5.41, 5.74) is 6.99. The molecular weight excluding hydrogens is 386 g/mol. The van der Waals surface area contributed by atoms with E-state index in [9.17, 15) is 19.5 Å². The molecule has 0 saturated heterocycles. The van der Waals surface area contributed by atoms with Gasteiger partial charge in [0.05, 0.1) is 12.7 Å². The third kappa shape index (κ3) is 8.51. The van der Waals surface area contributed by atoms with E-state index in [4.69, 9.17) is 10.5 Å². The number of amides is 2. The zero-order valence-electron chi connectivity index (χ0n) is 18.4. The Morgan fingerprint density at radius 1 is 1.00 bits per heavy atom. The molecule has 0 aliphatic heterocycles. The van der Waals surface area contributed by atoms with E-state index in [1.54, 1.807) is 20.8 Å². The van der Waals surface area contributed by atoms with E-state index in [-0.39, 0.29) is 11.8 Å². The number of rotatable bonds is 12. The Kier molecular flexibility index (Phi) is 10.5. The number of hydrogen-bond acceptors (Lipinski definition) is 5. The van der Waals surface area contributed by atoms with Gasteiger partial charge in [-0.1, -0.05) is 58.0 Å². The SMILES string of the molecule is CC(C)CC(NC(=O)C(NC(=O)C(N)C(C)OCc1ccccc1)C(C)C)C(=O)O. The molecule has 2 amide bonds. The maximum absolute atomic E-state index is 12.7. The van der Waals surface area contributed by atoms with Crippen LogP contribution in [0.25, 0.3) is 0 Å². The van der Waals surface area contributed by atoms with Crippen molar-refractivity contribution in [3.8, 4) is 0 Å². The number of carboxylic acids is 1. The van der Waals surface area contributed by atoms with Crippen molar-refractivity contribution in [2.75, 3.05) is 0 Å². The third-order valence-corrected chi connectivity index (χ3v) is 4.73. The number of aliphatic carboxylic acids is 1. The van der Waals surface area contributed by atoms with Crippen LogP contribution in [0.1, 0.15) is 46.6 Å². The van der Waals surface area contributed by atoms with Crippen LogP contribution in [0.5, 0.6) is 0 Å². The molecule has 0 heterocycles. The van der Waals surface area contributed by atoms with Crippen LogP contribution in [-0.2, 0) is 25.7 Å². The van der Waals surface area contributed by atoms with E-state index in [1.165, 1.54) is 0 Å². The number of carbonyl (C=O) groups is 3. The molecule has 1 rings (SSSR count). The summed E-state index contributed by atoms with van der Waals surface area (Å²) in [6, 6.07) is 6.61. The molecule has 8 heteroatoms. The predicted octanol–water partition coefficient (Wildman–Crippen LogP) is 1.68. The van der Waals surface area contributed by atoms with Crippen molar-refractivity contribution in [2.24, 2.45) is 17.6 Å². The average molecular weight is 422 g/mol. The molecule has 30 heavy (non-hydrogen) atoms. The Morgan fingerprint density at radius 2 is 1.60 bits per heavy atom. The second kappa shape index (κ2) is 12.3. The molecule has 4 unspecified atom stereocenters. The smallest absolute Gasteiger partial charge is 0.326 e. The zero-order chi connectivity index (χ0) is 22.8. The van der Waals surface area contributed by atoms with Gasteiger partial charge in [-0.05, 0) is 30.7 Å². The second-order valence-corrected chi connectivity index (χ2v) is 8.29. The van der Waals surface area contributed by atoms with E-state index < -0.39 is 42.0 Å². The van der Waals surface area contributed by atoms with E-state index in [2.05, 4.69) is 10.6 Å². The molecule has 8 nitrogen and oxygen atoms in total. The first kappa shape index (κ1) is 25.6. The minimum Gasteiger partial charge on any atom is -0.480 e. The number of ether oxygens (including phenoxy) is 1. The lowest BCUT2D eigenvalue weighted by atomic mass is 10.00. The van der Waals surface area contributed by atoms with Crippen LogP contribution in [0.4, 0.5) is 0 Å². The van der Waals surface area contributed by atoms with Gasteiger partial charge in [0.15, 0.2) is 0 Å². The fraction of sp³-hybridized carbons (Fsp3) is 0.591. The van der Waals surface area contributed by atoms with Crippen molar-refractivity contribution in [2.45, 2.75) is 71.9 Å². The van der Waals surface area contributed by atoms with Gasteiger partial charge in [0.25, 0.3) is 0 Å². The van der Waals surface area contributed by atoms with Crippen molar-refractivity contribution >= 4 is 17.8 Å².